The predicted molar refractivity (Wildman–Crippen MR) is 159 cm³/mol. The van der Waals surface area contributed by atoms with Crippen LogP contribution in [0.2, 0.25) is 0 Å². The fourth-order valence-corrected chi connectivity index (χ4v) is 5.94. The molecule has 0 amide bonds. The van der Waals surface area contributed by atoms with Crippen molar-refractivity contribution < 1.29 is 19.9 Å². The van der Waals surface area contributed by atoms with Crippen LogP contribution in [0.5, 0.6) is 0 Å². The second kappa shape index (κ2) is 11.7. The van der Waals surface area contributed by atoms with Crippen molar-refractivity contribution in [1.82, 2.24) is 14.8 Å². The number of carboxylic acids is 1. The highest BCUT2D eigenvalue weighted by Gasteiger charge is 2.29. The second-order valence-corrected chi connectivity index (χ2v) is 11.7. The number of aromatic carboxylic acids is 1. The Kier molecular flexibility index (Phi) is 8.15. The van der Waals surface area contributed by atoms with E-state index in [1.54, 1.807) is 5.38 Å². The summed E-state index contributed by atoms with van der Waals surface area (Å²) in [5.74, 6) is -0.468. The van der Waals surface area contributed by atoms with E-state index < -0.39 is 17.3 Å². The summed E-state index contributed by atoms with van der Waals surface area (Å²) in [6, 6.07) is 26.3. The minimum absolute atomic E-state index is 0. The number of carboxylic acid groups (broad SMARTS) is 1. The lowest BCUT2D eigenvalue weighted by Gasteiger charge is -2.09. The van der Waals surface area contributed by atoms with Crippen LogP contribution < -0.4 is 5.14 Å². The lowest BCUT2D eigenvalue weighted by Crippen LogP contribution is -2.11. The Hall–Kier alpha value is -3.80. The van der Waals surface area contributed by atoms with Gasteiger partial charge in [0.15, 0.2) is 5.69 Å². The summed E-state index contributed by atoms with van der Waals surface area (Å²) < 4.78 is 11.6. The molecular formula is C30H29N4O4S2+. The monoisotopic (exact) mass is 573 g/mol. The number of nitrogens with zero attached hydrogens (tertiary/aromatic N) is 3. The molecule has 0 spiro atoms. The molecule has 1 aliphatic rings. The van der Waals surface area contributed by atoms with Gasteiger partial charge in [0.2, 0.25) is 10.0 Å². The van der Waals surface area contributed by atoms with Crippen LogP contribution in [0, 0.1) is 5.92 Å². The smallest absolute Gasteiger partial charge is 0.355 e. The molecule has 3 aromatic carbocycles. The first-order valence-electron chi connectivity index (χ1n) is 12.7. The topological polar surface area (TPSA) is 146 Å². The summed E-state index contributed by atoms with van der Waals surface area (Å²) >= 11 is 0.00274. The third-order valence-electron chi connectivity index (χ3n) is 6.95. The van der Waals surface area contributed by atoms with Gasteiger partial charge in [-0.15, -0.1) is 16.5 Å². The number of aromatic nitrogens is 3. The van der Waals surface area contributed by atoms with E-state index >= 15 is 0 Å². The zero-order valence-electron chi connectivity index (χ0n) is 21.5. The van der Waals surface area contributed by atoms with Gasteiger partial charge in [-0.1, -0.05) is 60.7 Å². The summed E-state index contributed by atoms with van der Waals surface area (Å²) in [4.78, 5) is 16.7. The van der Waals surface area contributed by atoms with Gasteiger partial charge in [-0.2, -0.15) is 9.65 Å². The quantitative estimate of drug-likeness (QED) is 0.201. The molecule has 40 heavy (non-hydrogen) atoms. The highest BCUT2D eigenvalue weighted by molar-refractivity contribution is 7.89. The van der Waals surface area contributed by atoms with Crippen LogP contribution in [0.3, 0.4) is 0 Å². The van der Waals surface area contributed by atoms with Gasteiger partial charge < -0.3 is 10.6 Å². The number of benzene rings is 3. The first kappa shape index (κ1) is 27.8. The van der Waals surface area contributed by atoms with Gasteiger partial charge in [0, 0.05) is 22.9 Å². The summed E-state index contributed by atoms with van der Waals surface area (Å²) in [6.07, 6.45) is 3.83. The van der Waals surface area contributed by atoms with Crippen molar-refractivity contribution >= 4 is 28.7 Å². The molecule has 2 heterocycles. The van der Waals surface area contributed by atoms with E-state index in [-0.39, 0.29) is 11.2 Å². The SMILES string of the molecule is N[S+](O)c1ccc(Cc2c(-c3cccc(-c4ccccc4)c3)nn(-c3nc(C(=O)O)cs3)c2CC2CC2)cc1.O. The Morgan fingerprint density at radius 3 is 2.35 bits per heavy atom. The van der Waals surface area contributed by atoms with E-state index in [1.807, 2.05) is 53.2 Å². The summed E-state index contributed by atoms with van der Waals surface area (Å²) in [6.45, 7) is 0. The van der Waals surface area contributed by atoms with Gasteiger partial charge in [-0.25, -0.2) is 14.5 Å². The molecule has 5 aromatic rings. The van der Waals surface area contributed by atoms with Crippen molar-refractivity contribution in [3.63, 3.8) is 0 Å². The largest absolute Gasteiger partial charge is 0.476 e. The Labute approximate surface area is 238 Å². The van der Waals surface area contributed by atoms with Crippen LogP contribution >= 0.6 is 11.3 Å². The third-order valence-corrected chi connectivity index (χ3v) is 8.52. The third kappa shape index (κ3) is 5.86. The van der Waals surface area contributed by atoms with Crippen molar-refractivity contribution in [3.05, 3.63) is 107 Å². The van der Waals surface area contributed by atoms with Gasteiger partial charge >= 0.3 is 5.97 Å². The Morgan fingerprint density at radius 2 is 1.70 bits per heavy atom. The van der Waals surface area contributed by atoms with Gasteiger partial charge in [-0.05, 0) is 60.1 Å². The molecule has 204 valence electrons. The zero-order valence-corrected chi connectivity index (χ0v) is 23.2. The van der Waals surface area contributed by atoms with Crippen LogP contribution in [-0.2, 0) is 24.2 Å². The maximum absolute atomic E-state index is 11.6. The number of carbonyl (C=O) groups is 1. The number of thiazole rings is 1. The van der Waals surface area contributed by atoms with Crippen molar-refractivity contribution in [2.24, 2.45) is 11.1 Å². The van der Waals surface area contributed by atoms with E-state index in [4.69, 9.17) is 10.2 Å². The van der Waals surface area contributed by atoms with Crippen LogP contribution in [-0.4, -0.2) is 35.9 Å². The molecule has 1 unspecified atom stereocenters. The minimum atomic E-state index is -1.29. The van der Waals surface area contributed by atoms with E-state index in [0.29, 0.717) is 22.4 Å². The standard InChI is InChI=1S/C30H26N4O3S2.H2O/c31-39(37)24-13-11-19(12-14-24)15-25-27(16-20-9-10-20)34(30-32-26(18-38-30)29(35)36)33-28(25)23-8-4-7-22(17-23)21-5-2-1-3-6-21;/h1-8,11-14,17-18,20,37H,9-10,15-16,31H2;1H2/p+1. The molecule has 6 rings (SSSR count). The van der Waals surface area contributed by atoms with E-state index in [2.05, 4.69) is 35.3 Å². The van der Waals surface area contributed by atoms with Gasteiger partial charge in [0.1, 0.15) is 0 Å². The minimum Gasteiger partial charge on any atom is -0.476 e. The Morgan fingerprint density at radius 1 is 1.00 bits per heavy atom. The van der Waals surface area contributed by atoms with Crippen LogP contribution in [0.4, 0.5) is 0 Å². The molecule has 6 N–H and O–H groups in total. The summed E-state index contributed by atoms with van der Waals surface area (Å²) in [5.41, 5.74) is 7.34. The molecule has 0 saturated heterocycles. The Balaban J connectivity index is 0.00000323. The van der Waals surface area contributed by atoms with E-state index in [0.717, 1.165) is 45.6 Å². The van der Waals surface area contributed by atoms with Crippen molar-refractivity contribution in [3.8, 4) is 27.5 Å². The average molecular weight is 574 g/mol. The molecule has 10 heteroatoms. The van der Waals surface area contributed by atoms with Crippen LogP contribution in [0.1, 0.15) is 40.2 Å². The van der Waals surface area contributed by atoms with Crippen molar-refractivity contribution in [2.75, 3.05) is 0 Å². The molecule has 0 bridgehead atoms. The van der Waals surface area contributed by atoms with E-state index in [9.17, 15) is 14.5 Å². The number of rotatable bonds is 9. The maximum atomic E-state index is 11.6. The van der Waals surface area contributed by atoms with E-state index in [1.165, 1.54) is 24.2 Å². The zero-order chi connectivity index (χ0) is 26.9. The Bertz CT molecular complexity index is 1630. The highest BCUT2D eigenvalue weighted by Crippen LogP contribution is 2.38. The lowest BCUT2D eigenvalue weighted by atomic mass is 9.95. The van der Waals surface area contributed by atoms with Gasteiger partial charge in [-0.3, -0.25) is 0 Å². The number of hydrogen-bond donors (Lipinski definition) is 3. The van der Waals surface area contributed by atoms with Crippen molar-refractivity contribution in [2.45, 2.75) is 30.6 Å². The molecule has 1 aliphatic carbocycles. The van der Waals surface area contributed by atoms with Gasteiger partial charge in [0.05, 0.1) is 11.4 Å². The summed E-state index contributed by atoms with van der Waals surface area (Å²) in [5, 5.41) is 22.4. The van der Waals surface area contributed by atoms with Crippen LogP contribution in [0.25, 0.3) is 27.5 Å². The second-order valence-electron chi connectivity index (χ2n) is 9.74. The molecular weight excluding hydrogens is 544 g/mol. The predicted octanol–water partition coefficient (Wildman–Crippen LogP) is 5.40. The van der Waals surface area contributed by atoms with Crippen LogP contribution in [0.15, 0.2) is 89.1 Å². The number of nitrogens with two attached hydrogens (primary N) is 1. The van der Waals surface area contributed by atoms with Crippen molar-refractivity contribution in [1.29, 1.82) is 0 Å². The van der Waals surface area contributed by atoms with Gasteiger partial charge in [0.25, 0.3) is 11.4 Å². The molecule has 1 saturated carbocycles. The first-order valence-corrected chi connectivity index (χ1v) is 14.8. The normalized spacial score (nSPS) is 13.6. The fraction of sp³-hybridized carbons (Fsp3) is 0.167. The lowest BCUT2D eigenvalue weighted by molar-refractivity contribution is 0.0691. The maximum Gasteiger partial charge on any atom is 0.355 e. The summed E-state index contributed by atoms with van der Waals surface area (Å²) in [7, 11) is 0. The molecule has 8 nitrogen and oxygen atoms in total. The molecule has 1 fully saturated rings. The molecule has 0 aliphatic heterocycles. The molecule has 0 radical (unpaired) electrons. The number of hydrogen-bond acceptors (Lipinski definition) is 6. The molecule has 1 atom stereocenters. The first-order chi connectivity index (χ1) is 19.0. The average Bonchev–Trinajstić information content (AvgIpc) is 3.51. The highest BCUT2D eigenvalue weighted by atomic mass is 32.2. The molecule has 2 aromatic heterocycles. The fourth-order valence-electron chi connectivity index (χ4n) is 4.75.